The Bertz CT molecular complexity index is 689. The van der Waals surface area contributed by atoms with E-state index in [9.17, 15) is 8.42 Å². The number of hydrogen-bond acceptors (Lipinski definition) is 6. The van der Waals surface area contributed by atoms with Crippen LogP contribution in [-0.4, -0.2) is 50.6 Å². The SMILES string of the molecule is COc1ccc(N2C(=N)S[C@H]3CS(=O)(=O)C[C@@H]32)c(OC)c1. The molecular formula is C13H16N2O4S2. The topological polar surface area (TPSA) is 79.7 Å². The van der Waals surface area contributed by atoms with Gasteiger partial charge in [0.05, 0.1) is 37.5 Å². The molecule has 2 fully saturated rings. The highest BCUT2D eigenvalue weighted by Crippen LogP contribution is 2.44. The van der Waals surface area contributed by atoms with Crippen LogP contribution in [0.25, 0.3) is 0 Å². The summed E-state index contributed by atoms with van der Waals surface area (Å²) in [5, 5.41) is 8.44. The Kier molecular flexibility index (Phi) is 3.53. The lowest BCUT2D eigenvalue weighted by atomic mass is 10.2. The zero-order valence-electron chi connectivity index (χ0n) is 11.7. The van der Waals surface area contributed by atoms with E-state index in [2.05, 4.69) is 0 Å². The zero-order chi connectivity index (χ0) is 15.2. The van der Waals surface area contributed by atoms with E-state index in [0.717, 1.165) is 0 Å². The van der Waals surface area contributed by atoms with E-state index >= 15 is 0 Å². The third kappa shape index (κ3) is 2.46. The first-order chi connectivity index (χ1) is 9.95. The molecule has 1 aromatic rings. The Labute approximate surface area is 127 Å². The largest absolute Gasteiger partial charge is 0.497 e. The Hall–Kier alpha value is -1.41. The molecule has 2 heterocycles. The van der Waals surface area contributed by atoms with E-state index in [1.807, 2.05) is 0 Å². The summed E-state index contributed by atoms with van der Waals surface area (Å²) in [5.74, 6) is 1.45. The van der Waals surface area contributed by atoms with E-state index in [0.29, 0.717) is 22.4 Å². The average Bonchev–Trinajstić information content (AvgIpc) is 2.88. The number of rotatable bonds is 3. The van der Waals surface area contributed by atoms with Crippen molar-refractivity contribution in [2.24, 2.45) is 0 Å². The van der Waals surface area contributed by atoms with Gasteiger partial charge in [0.25, 0.3) is 0 Å². The summed E-state index contributed by atoms with van der Waals surface area (Å²) in [5.41, 5.74) is 0.709. The van der Waals surface area contributed by atoms with Crippen molar-refractivity contribution in [1.29, 1.82) is 5.41 Å². The van der Waals surface area contributed by atoms with Gasteiger partial charge in [0, 0.05) is 11.3 Å². The number of nitrogens with zero attached hydrogens (tertiary/aromatic N) is 1. The molecule has 0 amide bonds. The number of hydrogen-bond donors (Lipinski definition) is 1. The number of methoxy groups -OCH3 is 2. The predicted molar refractivity (Wildman–Crippen MR) is 83.6 cm³/mol. The van der Waals surface area contributed by atoms with E-state index < -0.39 is 9.84 Å². The van der Waals surface area contributed by atoms with Gasteiger partial charge in [0.1, 0.15) is 11.5 Å². The van der Waals surface area contributed by atoms with Gasteiger partial charge in [0.15, 0.2) is 15.0 Å². The van der Waals surface area contributed by atoms with Crippen molar-refractivity contribution < 1.29 is 17.9 Å². The van der Waals surface area contributed by atoms with Gasteiger partial charge < -0.3 is 14.4 Å². The second kappa shape index (κ2) is 5.10. The number of anilines is 1. The summed E-state index contributed by atoms with van der Waals surface area (Å²) in [4.78, 5) is 1.76. The van der Waals surface area contributed by atoms with Crippen LogP contribution < -0.4 is 14.4 Å². The number of ether oxygens (including phenoxy) is 2. The van der Waals surface area contributed by atoms with Gasteiger partial charge in [-0.1, -0.05) is 11.8 Å². The van der Waals surface area contributed by atoms with Crippen LogP contribution in [0.5, 0.6) is 11.5 Å². The molecule has 21 heavy (non-hydrogen) atoms. The lowest BCUT2D eigenvalue weighted by Gasteiger charge is -2.25. The molecule has 0 bridgehead atoms. The van der Waals surface area contributed by atoms with Crippen LogP contribution in [-0.2, 0) is 9.84 Å². The molecule has 8 heteroatoms. The van der Waals surface area contributed by atoms with Gasteiger partial charge in [0.2, 0.25) is 0 Å². The molecule has 6 nitrogen and oxygen atoms in total. The monoisotopic (exact) mass is 328 g/mol. The molecule has 0 aromatic heterocycles. The third-order valence-corrected chi connectivity index (χ3v) is 6.86. The minimum atomic E-state index is -3.03. The number of amidine groups is 1. The molecule has 0 unspecified atom stereocenters. The van der Waals surface area contributed by atoms with Gasteiger partial charge in [-0.05, 0) is 12.1 Å². The summed E-state index contributed by atoms with van der Waals surface area (Å²) in [7, 11) is 0.0939. The maximum atomic E-state index is 11.8. The molecular weight excluding hydrogens is 312 g/mol. The Morgan fingerprint density at radius 3 is 2.71 bits per heavy atom. The van der Waals surface area contributed by atoms with E-state index in [4.69, 9.17) is 14.9 Å². The van der Waals surface area contributed by atoms with Gasteiger partial charge >= 0.3 is 0 Å². The summed E-state index contributed by atoms with van der Waals surface area (Å²) >= 11 is 1.31. The predicted octanol–water partition coefficient (Wildman–Crippen LogP) is 1.36. The lowest BCUT2D eigenvalue weighted by molar-refractivity contribution is 0.394. The van der Waals surface area contributed by atoms with E-state index in [1.54, 1.807) is 37.3 Å². The Balaban J connectivity index is 2.01. The fraction of sp³-hybridized carbons (Fsp3) is 0.462. The fourth-order valence-electron chi connectivity index (χ4n) is 2.77. The summed E-state index contributed by atoms with van der Waals surface area (Å²) in [6, 6.07) is 5.13. The smallest absolute Gasteiger partial charge is 0.161 e. The molecule has 0 spiro atoms. The molecule has 1 aromatic carbocycles. The molecule has 2 atom stereocenters. The first kappa shape index (κ1) is 14.5. The standard InChI is InChI=1S/C13H16N2O4S2/c1-18-8-3-4-9(11(5-8)19-2)15-10-6-21(16,17)7-12(10)20-13(15)14/h3-5,10,12,14H,6-7H2,1-2H3/t10-,12-/m0/s1. The second-order valence-corrected chi connectivity index (χ2v) is 8.40. The maximum absolute atomic E-state index is 11.8. The molecule has 114 valence electrons. The number of sulfone groups is 1. The molecule has 2 saturated heterocycles. The fourth-order valence-corrected chi connectivity index (χ4v) is 6.56. The van der Waals surface area contributed by atoms with Crippen LogP contribution >= 0.6 is 11.8 Å². The minimum absolute atomic E-state index is 0.0747. The van der Waals surface area contributed by atoms with Crippen molar-refractivity contribution in [3.8, 4) is 11.5 Å². The van der Waals surface area contributed by atoms with Gasteiger partial charge in [-0.15, -0.1) is 0 Å². The molecule has 0 saturated carbocycles. The number of thioether (sulfide) groups is 1. The molecule has 0 aliphatic carbocycles. The van der Waals surface area contributed by atoms with E-state index in [1.165, 1.54) is 11.8 Å². The quantitative estimate of drug-likeness (QED) is 0.902. The summed E-state index contributed by atoms with van der Waals surface area (Å²) in [6.07, 6.45) is 0. The van der Waals surface area contributed by atoms with Crippen LogP contribution in [0.4, 0.5) is 5.69 Å². The molecule has 2 aliphatic heterocycles. The number of fused-ring (bicyclic) bond motifs is 1. The molecule has 1 N–H and O–H groups in total. The number of nitrogens with one attached hydrogen (secondary N) is 1. The highest BCUT2D eigenvalue weighted by molar-refractivity contribution is 8.15. The second-order valence-electron chi connectivity index (χ2n) is 5.01. The van der Waals surface area contributed by atoms with Crippen molar-refractivity contribution in [1.82, 2.24) is 0 Å². The van der Waals surface area contributed by atoms with Crippen molar-refractivity contribution in [3.05, 3.63) is 18.2 Å². The summed E-state index contributed by atoms with van der Waals surface area (Å²) in [6.45, 7) is 0. The highest BCUT2D eigenvalue weighted by atomic mass is 32.2. The number of benzene rings is 1. The van der Waals surface area contributed by atoms with Crippen molar-refractivity contribution >= 4 is 32.5 Å². The molecule has 0 radical (unpaired) electrons. The van der Waals surface area contributed by atoms with Crippen LogP contribution in [0.1, 0.15) is 0 Å². The molecule has 2 aliphatic rings. The minimum Gasteiger partial charge on any atom is -0.497 e. The van der Waals surface area contributed by atoms with Crippen LogP contribution in [0.15, 0.2) is 18.2 Å². The van der Waals surface area contributed by atoms with Crippen LogP contribution in [0.3, 0.4) is 0 Å². The van der Waals surface area contributed by atoms with Crippen LogP contribution in [0.2, 0.25) is 0 Å². The molecule has 3 rings (SSSR count). The van der Waals surface area contributed by atoms with Crippen molar-refractivity contribution in [3.63, 3.8) is 0 Å². The van der Waals surface area contributed by atoms with Gasteiger partial charge in [-0.3, -0.25) is 5.41 Å². The van der Waals surface area contributed by atoms with E-state index in [-0.39, 0.29) is 22.8 Å². The average molecular weight is 328 g/mol. The van der Waals surface area contributed by atoms with Crippen molar-refractivity contribution in [2.75, 3.05) is 30.6 Å². The third-order valence-electron chi connectivity index (χ3n) is 3.73. The van der Waals surface area contributed by atoms with Crippen LogP contribution in [0, 0.1) is 5.41 Å². The first-order valence-electron chi connectivity index (χ1n) is 6.42. The summed E-state index contributed by atoms with van der Waals surface area (Å²) < 4.78 is 34.2. The Morgan fingerprint density at radius 2 is 2.05 bits per heavy atom. The van der Waals surface area contributed by atoms with Crippen molar-refractivity contribution in [2.45, 2.75) is 11.3 Å². The lowest BCUT2D eigenvalue weighted by Crippen LogP contribution is -2.37. The first-order valence-corrected chi connectivity index (χ1v) is 9.12. The zero-order valence-corrected chi connectivity index (χ0v) is 13.3. The van der Waals surface area contributed by atoms with Gasteiger partial charge in [-0.25, -0.2) is 8.42 Å². The van der Waals surface area contributed by atoms with Gasteiger partial charge in [-0.2, -0.15) is 0 Å². The normalized spacial score (nSPS) is 26.8. The Morgan fingerprint density at radius 1 is 1.29 bits per heavy atom. The highest BCUT2D eigenvalue weighted by Gasteiger charge is 2.49. The maximum Gasteiger partial charge on any atom is 0.161 e.